The van der Waals surface area contributed by atoms with E-state index in [1.54, 1.807) is 12.1 Å². The highest BCUT2D eigenvalue weighted by atomic mass is 35.5. The van der Waals surface area contributed by atoms with E-state index in [2.05, 4.69) is 20.9 Å². The van der Waals surface area contributed by atoms with Crippen molar-refractivity contribution in [3.8, 4) is 0 Å². The zero-order chi connectivity index (χ0) is 17.1. The Morgan fingerprint density at radius 1 is 1.31 bits per heavy atom. The number of nitrogens with zero attached hydrogens (tertiary/aromatic N) is 2. The lowest BCUT2D eigenvalue weighted by Crippen LogP contribution is -2.20. The van der Waals surface area contributed by atoms with Gasteiger partial charge in [-0.05, 0) is 24.6 Å². The molecule has 1 atom stereocenters. The minimum absolute atomic E-state index is 0. The van der Waals surface area contributed by atoms with E-state index >= 15 is 0 Å². The van der Waals surface area contributed by atoms with Crippen LogP contribution in [0.2, 0.25) is 0 Å². The van der Waals surface area contributed by atoms with Crippen LogP contribution in [0.1, 0.15) is 24.0 Å². The first-order valence-corrected chi connectivity index (χ1v) is 8.36. The van der Waals surface area contributed by atoms with Gasteiger partial charge in [0.15, 0.2) is 5.82 Å². The van der Waals surface area contributed by atoms with Gasteiger partial charge >= 0.3 is 0 Å². The summed E-state index contributed by atoms with van der Waals surface area (Å²) in [6.45, 7) is 2.23. The highest BCUT2D eigenvalue weighted by molar-refractivity contribution is 6.01. The Labute approximate surface area is 156 Å². The molecule has 0 saturated carbocycles. The van der Waals surface area contributed by atoms with Crippen LogP contribution in [0.15, 0.2) is 46.3 Å². The number of benzene rings is 1. The molecule has 0 amide bonds. The lowest BCUT2D eigenvalue weighted by molar-refractivity contribution is 0.0948. The molecule has 138 valence electrons. The first kappa shape index (κ1) is 18.4. The molecule has 2 N–H and O–H groups in total. The van der Waals surface area contributed by atoms with Gasteiger partial charge in [-0.3, -0.25) is 0 Å². The smallest absolute Gasteiger partial charge is 0.169 e. The van der Waals surface area contributed by atoms with E-state index in [0.717, 1.165) is 36.4 Å². The fourth-order valence-corrected chi connectivity index (χ4v) is 3.05. The van der Waals surface area contributed by atoms with E-state index in [9.17, 15) is 4.39 Å². The minimum atomic E-state index is -0.211. The van der Waals surface area contributed by atoms with Gasteiger partial charge in [-0.25, -0.2) is 4.39 Å². The van der Waals surface area contributed by atoms with Crippen molar-refractivity contribution in [1.82, 2.24) is 10.5 Å². The number of hydrogen-bond donors (Lipinski definition) is 2. The van der Waals surface area contributed by atoms with E-state index in [-0.39, 0.29) is 24.3 Å². The van der Waals surface area contributed by atoms with E-state index in [1.807, 2.05) is 18.2 Å². The number of oxime groups is 1. The molecule has 0 spiro atoms. The summed E-state index contributed by atoms with van der Waals surface area (Å²) in [5, 5.41) is 14.2. The highest BCUT2D eigenvalue weighted by Crippen LogP contribution is 2.25. The predicted octanol–water partition coefficient (Wildman–Crippen LogP) is 3.22. The molecule has 1 unspecified atom stereocenters. The van der Waals surface area contributed by atoms with Gasteiger partial charge in [0.1, 0.15) is 18.2 Å². The van der Waals surface area contributed by atoms with Crippen molar-refractivity contribution < 1.29 is 13.8 Å². The Hall–Kier alpha value is -2.38. The van der Waals surface area contributed by atoms with Crippen LogP contribution in [0.4, 0.5) is 10.2 Å². The van der Waals surface area contributed by atoms with E-state index < -0.39 is 0 Å². The van der Waals surface area contributed by atoms with Crippen LogP contribution < -0.4 is 10.6 Å². The minimum Gasteiger partial charge on any atom is -0.390 e. The summed E-state index contributed by atoms with van der Waals surface area (Å²) in [5.41, 5.74) is 3.26. The molecule has 0 fully saturated rings. The van der Waals surface area contributed by atoms with E-state index in [4.69, 9.17) is 9.36 Å². The molecule has 2 aliphatic heterocycles. The molecule has 26 heavy (non-hydrogen) atoms. The second-order valence-electron chi connectivity index (χ2n) is 6.11. The Kier molecular flexibility index (Phi) is 5.90. The van der Waals surface area contributed by atoms with Crippen molar-refractivity contribution in [3.05, 3.63) is 53.5 Å². The molecule has 2 aliphatic rings. The van der Waals surface area contributed by atoms with Crippen molar-refractivity contribution >= 4 is 29.5 Å². The molecular formula is C18H20ClFN4O2. The maximum absolute atomic E-state index is 14.5. The second kappa shape index (κ2) is 8.33. The van der Waals surface area contributed by atoms with Gasteiger partial charge in [0.2, 0.25) is 0 Å². The summed E-state index contributed by atoms with van der Waals surface area (Å²) in [6.07, 6.45) is 4.90. The molecule has 1 aromatic heterocycles. The van der Waals surface area contributed by atoms with Gasteiger partial charge in [-0.2, -0.15) is 0 Å². The van der Waals surface area contributed by atoms with E-state index in [1.165, 1.54) is 6.26 Å². The zero-order valence-corrected chi connectivity index (χ0v) is 14.9. The van der Waals surface area contributed by atoms with Gasteiger partial charge in [0, 0.05) is 30.2 Å². The molecule has 4 rings (SSSR count). The Bertz CT molecular complexity index is 808. The third-order valence-corrected chi connectivity index (χ3v) is 4.39. The number of nitrogens with one attached hydrogen (secondary N) is 2. The maximum atomic E-state index is 14.5. The zero-order valence-electron chi connectivity index (χ0n) is 14.1. The van der Waals surface area contributed by atoms with Gasteiger partial charge < -0.3 is 20.0 Å². The van der Waals surface area contributed by atoms with Gasteiger partial charge in [-0.15, -0.1) is 12.4 Å². The average molecular weight is 379 g/mol. The van der Waals surface area contributed by atoms with Crippen LogP contribution in [0.25, 0.3) is 5.57 Å². The molecule has 1 aromatic carbocycles. The summed E-state index contributed by atoms with van der Waals surface area (Å²) in [4.78, 5) is 5.43. The monoisotopic (exact) mass is 378 g/mol. The third-order valence-electron chi connectivity index (χ3n) is 4.39. The molecule has 3 heterocycles. The van der Waals surface area contributed by atoms with Gasteiger partial charge in [0.25, 0.3) is 0 Å². The SMILES string of the molecule is Cl.Fc1cc(C2=NOC(CNc3ccon3)C2)ccc1C1=CCNCC1. The van der Waals surface area contributed by atoms with Gasteiger partial charge in [0.05, 0.1) is 12.3 Å². The van der Waals surface area contributed by atoms with Crippen LogP contribution in [0.5, 0.6) is 0 Å². The van der Waals surface area contributed by atoms with Crippen LogP contribution in [-0.2, 0) is 4.84 Å². The first-order chi connectivity index (χ1) is 12.3. The Balaban J connectivity index is 0.00000196. The second-order valence-corrected chi connectivity index (χ2v) is 6.11. The summed E-state index contributed by atoms with van der Waals surface area (Å²) in [5.74, 6) is 0.445. The van der Waals surface area contributed by atoms with E-state index in [0.29, 0.717) is 24.3 Å². The topological polar surface area (TPSA) is 71.7 Å². The summed E-state index contributed by atoms with van der Waals surface area (Å²) < 4.78 is 19.3. The third kappa shape index (κ3) is 4.05. The maximum Gasteiger partial charge on any atom is 0.169 e. The fourth-order valence-electron chi connectivity index (χ4n) is 3.05. The molecule has 0 saturated heterocycles. The number of hydrogen-bond acceptors (Lipinski definition) is 6. The standard InChI is InChI=1S/C18H19FN4O2.ClH/c19-16-9-13(1-2-15(16)12-3-6-20-7-4-12)17-10-14(25-22-17)11-21-18-5-8-24-23-18;/h1-3,5,8-9,14,20H,4,6-7,10-11H2,(H,21,23);1H. The summed E-state index contributed by atoms with van der Waals surface area (Å²) in [6, 6.07) is 7.04. The quantitative estimate of drug-likeness (QED) is 0.835. The number of halogens is 2. The summed E-state index contributed by atoms with van der Waals surface area (Å²) in [7, 11) is 0. The lowest BCUT2D eigenvalue weighted by atomic mass is 9.96. The molecule has 0 bridgehead atoms. The van der Waals surface area contributed by atoms with Crippen LogP contribution >= 0.6 is 12.4 Å². The van der Waals surface area contributed by atoms with Crippen molar-refractivity contribution in [2.24, 2.45) is 5.16 Å². The van der Waals surface area contributed by atoms with Crippen molar-refractivity contribution in [2.45, 2.75) is 18.9 Å². The number of rotatable bonds is 5. The molecule has 6 nitrogen and oxygen atoms in total. The van der Waals surface area contributed by atoms with Crippen molar-refractivity contribution in [1.29, 1.82) is 0 Å². The van der Waals surface area contributed by atoms with Crippen LogP contribution in [-0.4, -0.2) is 36.6 Å². The average Bonchev–Trinajstić information content (AvgIpc) is 3.32. The first-order valence-electron chi connectivity index (χ1n) is 8.36. The molecular weight excluding hydrogens is 359 g/mol. The molecule has 2 aromatic rings. The molecule has 0 aliphatic carbocycles. The molecule has 8 heteroatoms. The van der Waals surface area contributed by atoms with Gasteiger partial charge in [-0.1, -0.05) is 28.5 Å². The number of anilines is 1. The summed E-state index contributed by atoms with van der Waals surface area (Å²) >= 11 is 0. The lowest BCUT2D eigenvalue weighted by Gasteiger charge is -2.15. The number of aromatic nitrogens is 1. The Morgan fingerprint density at radius 3 is 2.96 bits per heavy atom. The largest absolute Gasteiger partial charge is 0.390 e. The fraction of sp³-hybridized carbons (Fsp3) is 0.333. The highest BCUT2D eigenvalue weighted by Gasteiger charge is 2.23. The molecule has 0 radical (unpaired) electrons. The van der Waals surface area contributed by atoms with Crippen LogP contribution in [0.3, 0.4) is 0 Å². The van der Waals surface area contributed by atoms with Crippen molar-refractivity contribution in [3.63, 3.8) is 0 Å². The predicted molar refractivity (Wildman–Crippen MR) is 100 cm³/mol. The van der Waals surface area contributed by atoms with Crippen molar-refractivity contribution in [2.75, 3.05) is 25.0 Å². The Morgan fingerprint density at radius 2 is 2.23 bits per heavy atom. The normalized spacial score (nSPS) is 19.2. The van der Waals surface area contributed by atoms with Crippen LogP contribution in [0, 0.1) is 5.82 Å².